The first-order valence-electron chi connectivity index (χ1n) is 5.28. The maximum Gasteiger partial charge on any atom is 0.469 e. The van der Waals surface area contributed by atoms with Crippen molar-refractivity contribution in [2.24, 2.45) is 5.41 Å². The van der Waals surface area contributed by atoms with Crippen molar-refractivity contribution in [1.29, 1.82) is 0 Å². The molecule has 0 fully saturated rings. The quantitative estimate of drug-likeness (QED) is 0.273. The molecule has 0 rings (SSSR count). The van der Waals surface area contributed by atoms with E-state index in [1.165, 1.54) is 6.92 Å². The zero-order chi connectivity index (χ0) is 16.9. The SMILES string of the molecule is CCC(COP(=O)(O)O)(COP(=O)(O)O)COP(=O)(O)O. The van der Waals surface area contributed by atoms with Gasteiger partial charge in [-0.1, -0.05) is 6.92 Å². The molecule has 0 saturated heterocycles. The predicted octanol–water partition coefficient (Wildman–Crippen LogP) is -0.289. The molecule has 0 radical (unpaired) electrons. The highest BCUT2D eigenvalue weighted by Gasteiger charge is 2.37. The summed E-state index contributed by atoms with van der Waals surface area (Å²) in [6.07, 6.45) is -0.0625. The molecule has 0 aromatic rings. The number of rotatable bonds is 10. The van der Waals surface area contributed by atoms with Gasteiger partial charge in [0.25, 0.3) is 0 Å². The summed E-state index contributed by atoms with van der Waals surface area (Å²) in [5, 5.41) is 0. The molecule has 21 heavy (non-hydrogen) atoms. The third-order valence-corrected chi connectivity index (χ3v) is 3.76. The normalized spacial score (nSPS) is 14.4. The predicted molar refractivity (Wildman–Crippen MR) is 66.7 cm³/mol. The molecular formula is C6H17O12P3. The Morgan fingerprint density at radius 1 is 0.714 bits per heavy atom. The van der Waals surface area contributed by atoms with Crippen LogP contribution in [0.3, 0.4) is 0 Å². The van der Waals surface area contributed by atoms with Gasteiger partial charge in [-0.15, -0.1) is 0 Å². The summed E-state index contributed by atoms with van der Waals surface area (Å²) in [7, 11) is -14.7. The third-order valence-electron chi connectivity index (χ3n) is 2.37. The lowest BCUT2D eigenvalue weighted by Crippen LogP contribution is -2.36. The smallest absolute Gasteiger partial charge is 0.303 e. The summed E-state index contributed by atoms with van der Waals surface area (Å²) in [4.78, 5) is 51.8. The number of phosphoric ester groups is 3. The van der Waals surface area contributed by atoms with E-state index < -0.39 is 48.7 Å². The van der Waals surface area contributed by atoms with Crippen molar-refractivity contribution in [2.45, 2.75) is 13.3 Å². The maximum absolute atomic E-state index is 10.7. The summed E-state index contributed by atoms with van der Waals surface area (Å²) in [6, 6.07) is 0. The molecule has 6 N–H and O–H groups in total. The van der Waals surface area contributed by atoms with Crippen LogP contribution in [0.15, 0.2) is 0 Å². The van der Waals surface area contributed by atoms with Crippen LogP contribution in [-0.4, -0.2) is 49.2 Å². The Morgan fingerprint density at radius 2 is 0.952 bits per heavy atom. The van der Waals surface area contributed by atoms with Gasteiger partial charge < -0.3 is 29.4 Å². The van der Waals surface area contributed by atoms with Gasteiger partial charge in [-0.2, -0.15) is 0 Å². The largest absolute Gasteiger partial charge is 0.469 e. The summed E-state index contributed by atoms with van der Waals surface area (Å²) >= 11 is 0. The van der Waals surface area contributed by atoms with Crippen LogP contribution in [0.2, 0.25) is 0 Å². The fourth-order valence-corrected chi connectivity index (χ4v) is 2.42. The van der Waals surface area contributed by atoms with Crippen LogP contribution in [0.4, 0.5) is 0 Å². The Labute approximate surface area is 119 Å². The lowest BCUT2D eigenvalue weighted by Gasteiger charge is -2.31. The summed E-state index contributed by atoms with van der Waals surface area (Å²) in [5.74, 6) is 0. The van der Waals surface area contributed by atoms with Crippen LogP contribution < -0.4 is 0 Å². The Kier molecular flexibility index (Phi) is 7.86. The standard InChI is InChI=1S/C6H17O12P3/c1-2-6(3-16-19(7,8)9,4-17-20(10,11)12)5-18-21(13,14)15/h2-5H2,1H3,(H2,7,8,9)(H2,10,11,12)(H2,13,14,15). The first kappa shape index (κ1) is 21.3. The third kappa shape index (κ3) is 11.5. The zero-order valence-corrected chi connectivity index (χ0v) is 13.5. The average molecular weight is 374 g/mol. The van der Waals surface area contributed by atoms with E-state index in [1.54, 1.807) is 0 Å². The van der Waals surface area contributed by atoms with Crippen molar-refractivity contribution < 1.29 is 56.6 Å². The van der Waals surface area contributed by atoms with Gasteiger partial charge in [0.1, 0.15) is 0 Å². The number of hydrogen-bond donors (Lipinski definition) is 6. The summed E-state index contributed by atoms with van der Waals surface area (Å²) < 4.78 is 44.7. The van der Waals surface area contributed by atoms with Gasteiger partial charge in [0, 0.05) is 5.41 Å². The van der Waals surface area contributed by atoms with E-state index in [-0.39, 0.29) is 6.42 Å². The van der Waals surface area contributed by atoms with Crippen LogP contribution in [0.5, 0.6) is 0 Å². The van der Waals surface area contributed by atoms with Gasteiger partial charge in [0.2, 0.25) is 0 Å². The molecule has 0 aliphatic heterocycles. The fraction of sp³-hybridized carbons (Fsp3) is 1.00. The second-order valence-corrected chi connectivity index (χ2v) is 7.86. The van der Waals surface area contributed by atoms with Crippen LogP contribution in [-0.2, 0) is 27.3 Å². The van der Waals surface area contributed by atoms with Gasteiger partial charge in [0.05, 0.1) is 19.8 Å². The number of phosphoric acid groups is 3. The van der Waals surface area contributed by atoms with E-state index in [2.05, 4.69) is 13.6 Å². The minimum Gasteiger partial charge on any atom is -0.303 e. The molecule has 128 valence electrons. The van der Waals surface area contributed by atoms with Gasteiger partial charge in [-0.05, 0) is 6.42 Å². The molecule has 0 heterocycles. The molecule has 0 aromatic carbocycles. The molecule has 12 nitrogen and oxygen atoms in total. The van der Waals surface area contributed by atoms with Crippen molar-refractivity contribution in [2.75, 3.05) is 19.8 Å². The Bertz CT molecular complexity index is 393. The van der Waals surface area contributed by atoms with Crippen LogP contribution >= 0.6 is 23.5 Å². The number of hydrogen-bond acceptors (Lipinski definition) is 6. The Morgan fingerprint density at radius 3 is 1.10 bits per heavy atom. The summed E-state index contributed by atoms with van der Waals surface area (Å²) in [5.41, 5.74) is -1.58. The van der Waals surface area contributed by atoms with Gasteiger partial charge in [-0.25, -0.2) is 13.7 Å². The minimum absolute atomic E-state index is 0.0625. The van der Waals surface area contributed by atoms with Gasteiger partial charge in [0.15, 0.2) is 0 Å². The molecule has 0 aromatic heterocycles. The van der Waals surface area contributed by atoms with Crippen LogP contribution in [0.1, 0.15) is 13.3 Å². The molecule has 0 unspecified atom stereocenters. The monoisotopic (exact) mass is 374 g/mol. The molecule has 0 saturated carbocycles. The molecule has 0 aliphatic rings. The molecule has 0 atom stereocenters. The Balaban J connectivity index is 5.03. The highest BCUT2D eigenvalue weighted by atomic mass is 31.2. The van der Waals surface area contributed by atoms with E-state index in [0.29, 0.717) is 0 Å². The second-order valence-electron chi connectivity index (χ2n) is 4.15. The average Bonchev–Trinajstić information content (AvgIpc) is 2.25. The fourth-order valence-electron chi connectivity index (χ4n) is 1.09. The van der Waals surface area contributed by atoms with E-state index >= 15 is 0 Å². The molecule has 0 aliphatic carbocycles. The summed E-state index contributed by atoms with van der Waals surface area (Å²) in [6.45, 7) is -0.968. The first-order valence-corrected chi connectivity index (χ1v) is 9.87. The topological polar surface area (TPSA) is 200 Å². The van der Waals surface area contributed by atoms with Gasteiger partial charge >= 0.3 is 23.5 Å². The van der Waals surface area contributed by atoms with Crippen LogP contribution in [0.25, 0.3) is 0 Å². The highest BCUT2D eigenvalue weighted by molar-refractivity contribution is 7.46. The molecule has 0 amide bonds. The molecule has 15 heteroatoms. The van der Waals surface area contributed by atoms with E-state index in [4.69, 9.17) is 29.4 Å². The van der Waals surface area contributed by atoms with Crippen molar-refractivity contribution in [3.8, 4) is 0 Å². The first-order chi connectivity index (χ1) is 9.18. The van der Waals surface area contributed by atoms with Crippen LogP contribution in [0, 0.1) is 5.41 Å². The molecule has 0 spiro atoms. The van der Waals surface area contributed by atoms with Gasteiger partial charge in [-0.3, -0.25) is 13.6 Å². The van der Waals surface area contributed by atoms with E-state index in [9.17, 15) is 13.7 Å². The van der Waals surface area contributed by atoms with Crippen molar-refractivity contribution in [3.63, 3.8) is 0 Å². The van der Waals surface area contributed by atoms with Crippen molar-refractivity contribution in [1.82, 2.24) is 0 Å². The second kappa shape index (κ2) is 7.74. The lowest BCUT2D eigenvalue weighted by molar-refractivity contribution is 0.00238. The van der Waals surface area contributed by atoms with E-state index in [0.717, 1.165) is 0 Å². The van der Waals surface area contributed by atoms with E-state index in [1.807, 2.05) is 0 Å². The maximum atomic E-state index is 10.7. The molecular weight excluding hydrogens is 357 g/mol. The Hall–Kier alpha value is 0.330. The zero-order valence-electron chi connectivity index (χ0n) is 10.8. The minimum atomic E-state index is -4.90. The van der Waals surface area contributed by atoms with Crippen molar-refractivity contribution in [3.05, 3.63) is 0 Å². The lowest BCUT2D eigenvalue weighted by atomic mass is 9.88. The molecule has 0 bridgehead atoms. The van der Waals surface area contributed by atoms with Crippen molar-refractivity contribution >= 4 is 23.5 Å². The highest BCUT2D eigenvalue weighted by Crippen LogP contribution is 2.45.